The number of rotatable bonds is 3. The Balaban J connectivity index is 1.79. The molecule has 2 heterocycles. The van der Waals surface area contributed by atoms with Gasteiger partial charge in [0.05, 0.1) is 12.2 Å². The number of amides is 1. The number of anilines is 1. The molecule has 8 heteroatoms. The SMILES string of the molecule is Cc1cc(=O)oc2cc(NC(=O)[C@@H]3CCCN(S(C)(=O)=O)C3)ccc12. The Labute approximate surface area is 145 Å². The molecule has 3 rings (SSSR count). The average Bonchev–Trinajstić information content (AvgIpc) is 2.53. The number of nitrogens with one attached hydrogen (secondary N) is 1. The average molecular weight is 364 g/mol. The van der Waals surface area contributed by atoms with E-state index in [2.05, 4.69) is 5.32 Å². The lowest BCUT2D eigenvalue weighted by Gasteiger charge is -2.30. The molecule has 25 heavy (non-hydrogen) atoms. The van der Waals surface area contributed by atoms with Crippen molar-refractivity contribution in [2.45, 2.75) is 19.8 Å². The van der Waals surface area contributed by atoms with E-state index in [-0.39, 0.29) is 12.5 Å². The van der Waals surface area contributed by atoms with Crippen LogP contribution in [0, 0.1) is 12.8 Å². The number of carbonyl (C=O) groups is 1. The summed E-state index contributed by atoms with van der Waals surface area (Å²) in [4.78, 5) is 24.0. The molecule has 0 unspecified atom stereocenters. The van der Waals surface area contributed by atoms with E-state index in [1.165, 1.54) is 10.4 Å². The van der Waals surface area contributed by atoms with Crippen molar-refractivity contribution in [3.8, 4) is 0 Å². The fraction of sp³-hybridized carbons (Fsp3) is 0.412. The lowest BCUT2D eigenvalue weighted by Crippen LogP contribution is -2.43. The van der Waals surface area contributed by atoms with Gasteiger partial charge in [-0.15, -0.1) is 0 Å². The van der Waals surface area contributed by atoms with Crippen LogP contribution < -0.4 is 10.9 Å². The first-order valence-corrected chi connectivity index (χ1v) is 9.89. The number of hydrogen-bond acceptors (Lipinski definition) is 5. The summed E-state index contributed by atoms with van der Waals surface area (Å²) in [6, 6.07) is 6.55. The van der Waals surface area contributed by atoms with Gasteiger partial charge in [-0.25, -0.2) is 17.5 Å². The Morgan fingerprint density at radius 2 is 2.08 bits per heavy atom. The monoisotopic (exact) mass is 364 g/mol. The maximum atomic E-state index is 12.5. The van der Waals surface area contributed by atoms with Crippen LogP contribution in [-0.2, 0) is 14.8 Å². The molecule has 1 fully saturated rings. The predicted molar refractivity (Wildman–Crippen MR) is 95.0 cm³/mol. The third-order valence-corrected chi connectivity index (χ3v) is 5.71. The van der Waals surface area contributed by atoms with Gasteiger partial charge in [-0.2, -0.15) is 0 Å². The molecule has 0 saturated carbocycles. The molecule has 1 saturated heterocycles. The van der Waals surface area contributed by atoms with Crippen LogP contribution in [0.5, 0.6) is 0 Å². The predicted octanol–water partition coefficient (Wildman–Crippen LogP) is 1.71. The van der Waals surface area contributed by atoms with E-state index in [4.69, 9.17) is 4.42 Å². The van der Waals surface area contributed by atoms with Crippen molar-refractivity contribution in [3.63, 3.8) is 0 Å². The maximum Gasteiger partial charge on any atom is 0.336 e. The zero-order chi connectivity index (χ0) is 18.2. The van der Waals surface area contributed by atoms with Crippen molar-refractivity contribution in [2.24, 2.45) is 5.92 Å². The number of benzene rings is 1. The highest BCUT2D eigenvalue weighted by Gasteiger charge is 2.30. The molecule has 1 aromatic carbocycles. The molecule has 1 aliphatic heterocycles. The quantitative estimate of drug-likeness (QED) is 0.837. The van der Waals surface area contributed by atoms with Crippen LogP contribution in [0.2, 0.25) is 0 Å². The minimum Gasteiger partial charge on any atom is -0.423 e. The van der Waals surface area contributed by atoms with E-state index < -0.39 is 21.6 Å². The highest BCUT2D eigenvalue weighted by molar-refractivity contribution is 7.88. The van der Waals surface area contributed by atoms with E-state index in [9.17, 15) is 18.0 Å². The topological polar surface area (TPSA) is 96.7 Å². The van der Waals surface area contributed by atoms with Crippen LogP contribution in [0.15, 0.2) is 33.5 Å². The first-order valence-electron chi connectivity index (χ1n) is 8.04. The first-order chi connectivity index (χ1) is 11.7. The molecule has 0 radical (unpaired) electrons. The van der Waals surface area contributed by atoms with Gasteiger partial charge in [0, 0.05) is 36.3 Å². The Morgan fingerprint density at radius 1 is 1.32 bits per heavy atom. The molecular formula is C17H20N2O5S. The van der Waals surface area contributed by atoms with Crippen molar-refractivity contribution in [3.05, 3.63) is 40.2 Å². The van der Waals surface area contributed by atoms with Crippen LogP contribution in [0.25, 0.3) is 11.0 Å². The van der Waals surface area contributed by atoms with Crippen LogP contribution in [-0.4, -0.2) is 38.0 Å². The van der Waals surface area contributed by atoms with E-state index in [0.29, 0.717) is 30.7 Å². The Morgan fingerprint density at radius 3 is 2.80 bits per heavy atom. The van der Waals surface area contributed by atoms with Crippen LogP contribution in [0.3, 0.4) is 0 Å². The summed E-state index contributed by atoms with van der Waals surface area (Å²) in [6.45, 7) is 2.45. The summed E-state index contributed by atoms with van der Waals surface area (Å²) in [6.07, 6.45) is 2.44. The largest absolute Gasteiger partial charge is 0.423 e. The van der Waals surface area contributed by atoms with Gasteiger partial charge in [0.15, 0.2) is 0 Å². The fourth-order valence-electron chi connectivity index (χ4n) is 3.10. The van der Waals surface area contributed by atoms with Crippen LogP contribution >= 0.6 is 0 Å². The number of nitrogens with zero attached hydrogens (tertiary/aromatic N) is 1. The molecular weight excluding hydrogens is 344 g/mol. The highest BCUT2D eigenvalue weighted by atomic mass is 32.2. The number of fused-ring (bicyclic) bond motifs is 1. The lowest BCUT2D eigenvalue weighted by atomic mass is 9.98. The van der Waals surface area contributed by atoms with Gasteiger partial charge in [-0.1, -0.05) is 0 Å². The zero-order valence-corrected chi connectivity index (χ0v) is 14.9. The standard InChI is InChI=1S/C17H20N2O5S/c1-11-8-16(20)24-15-9-13(5-6-14(11)15)18-17(21)12-4-3-7-19(10-12)25(2,22)23/h5-6,8-9,12H,3-4,7,10H2,1-2H3,(H,18,21)/t12-/m1/s1. The molecule has 0 bridgehead atoms. The molecule has 0 spiro atoms. The Kier molecular flexibility index (Phi) is 4.66. The highest BCUT2D eigenvalue weighted by Crippen LogP contribution is 2.23. The van der Waals surface area contributed by atoms with Crippen molar-refractivity contribution in [2.75, 3.05) is 24.7 Å². The van der Waals surface area contributed by atoms with E-state index in [1.54, 1.807) is 18.2 Å². The maximum absolute atomic E-state index is 12.5. The zero-order valence-electron chi connectivity index (χ0n) is 14.1. The van der Waals surface area contributed by atoms with Crippen LogP contribution in [0.1, 0.15) is 18.4 Å². The summed E-state index contributed by atoms with van der Waals surface area (Å²) < 4.78 is 29.9. The van der Waals surface area contributed by atoms with E-state index in [1.807, 2.05) is 6.92 Å². The van der Waals surface area contributed by atoms with Crippen molar-refractivity contribution >= 4 is 32.6 Å². The van der Waals surface area contributed by atoms with Gasteiger partial charge < -0.3 is 9.73 Å². The van der Waals surface area contributed by atoms with Gasteiger partial charge in [-0.05, 0) is 37.5 Å². The van der Waals surface area contributed by atoms with E-state index >= 15 is 0 Å². The molecule has 1 aromatic heterocycles. The number of carbonyl (C=O) groups excluding carboxylic acids is 1. The van der Waals surface area contributed by atoms with Crippen molar-refractivity contribution < 1.29 is 17.6 Å². The fourth-order valence-corrected chi connectivity index (χ4v) is 4.02. The molecule has 1 aliphatic rings. The van der Waals surface area contributed by atoms with E-state index in [0.717, 1.165) is 17.2 Å². The van der Waals surface area contributed by atoms with Gasteiger partial charge in [0.2, 0.25) is 15.9 Å². The first kappa shape index (κ1) is 17.6. The Hall–Kier alpha value is -2.19. The van der Waals surface area contributed by atoms with Crippen LogP contribution in [0.4, 0.5) is 5.69 Å². The summed E-state index contributed by atoms with van der Waals surface area (Å²) in [5.41, 5.74) is 1.29. The number of piperidine rings is 1. The Bertz CT molecular complexity index is 980. The summed E-state index contributed by atoms with van der Waals surface area (Å²) >= 11 is 0. The van der Waals surface area contributed by atoms with Gasteiger partial charge in [-0.3, -0.25) is 4.79 Å². The number of sulfonamides is 1. The second-order valence-corrected chi connectivity index (χ2v) is 8.39. The molecule has 2 aromatic rings. The molecule has 1 atom stereocenters. The second kappa shape index (κ2) is 6.61. The number of aryl methyl sites for hydroxylation is 1. The summed E-state index contributed by atoms with van der Waals surface area (Å²) in [5, 5.41) is 3.60. The molecule has 1 amide bonds. The smallest absolute Gasteiger partial charge is 0.336 e. The van der Waals surface area contributed by atoms with Gasteiger partial charge >= 0.3 is 5.63 Å². The molecule has 0 aliphatic carbocycles. The normalized spacial score (nSPS) is 19.0. The summed E-state index contributed by atoms with van der Waals surface area (Å²) in [5.74, 6) is -0.633. The third-order valence-electron chi connectivity index (χ3n) is 4.44. The van der Waals surface area contributed by atoms with Crippen molar-refractivity contribution in [1.29, 1.82) is 0 Å². The van der Waals surface area contributed by atoms with Gasteiger partial charge in [0.25, 0.3) is 0 Å². The number of hydrogen-bond donors (Lipinski definition) is 1. The molecule has 7 nitrogen and oxygen atoms in total. The van der Waals surface area contributed by atoms with Gasteiger partial charge in [0.1, 0.15) is 5.58 Å². The molecule has 134 valence electrons. The minimum atomic E-state index is -3.30. The lowest BCUT2D eigenvalue weighted by molar-refractivity contribution is -0.120. The third kappa shape index (κ3) is 3.91. The van der Waals surface area contributed by atoms with Crippen molar-refractivity contribution in [1.82, 2.24) is 4.31 Å². The molecule has 1 N–H and O–H groups in total. The second-order valence-electron chi connectivity index (χ2n) is 6.41. The summed E-state index contributed by atoms with van der Waals surface area (Å²) in [7, 11) is -3.30. The minimum absolute atomic E-state index is 0.187.